The highest BCUT2D eigenvalue weighted by Gasteiger charge is 2.55. The number of aromatic nitrogens is 2. The summed E-state index contributed by atoms with van der Waals surface area (Å²) in [5.41, 5.74) is 4.65. The Morgan fingerprint density at radius 2 is 1.88 bits per heavy atom. The van der Waals surface area contributed by atoms with Crippen molar-refractivity contribution >= 4 is 69.6 Å². The Morgan fingerprint density at radius 3 is 2.50 bits per heavy atom. The number of nitrogen functional groups attached to an aromatic ring is 1. The van der Waals surface area contributed by atoms with Gasteiger partial charge in [0.15, 0.2) is 16.6 Å². The van der Waals surface area contributed by atoms with E-state index in [4.69, 9.17) is 15.7 Å². The minimum absolute atomic E-state index is 0.0263. The van der Waals surface area contributed by atoms with Gasteiger partial charge in [0, 0.05) is 42.7 Å². The second-order valence-corrected chi connectivity index (χ2v) is 14.3. The number of hydrogen-bond donors (Lipinski definition) is 7. The van der Waals surface area contributed by atoms with Gasteiger partial charge < -0.3 is 50.7 Å². The number of pyridine rings is 1. The zero-order valence-electron chi connectivity index (χ0n) is 27.5. The molecule has 52 heavy (non-hydrogen) atoms. The van der Waals surface area contributed by atoms with Gasteiger partial charge in [-0.25, -0.2) is 14.6 Å². The van der Waals surface area contributed by atoms with Crippen LogP contribution < -0.4 is 21.8 Å². The number of carboxylic acids is 3. The Morgan fingerprint density at radius 1 is 1.17 bits per heavy atom. The molecule has 2 aromatic heterocycles. The molecular weight excluding hydrogens is 729 g/mol. The Labute approximate surface area is 302 Å². The molecule has 0 spiro atoms. The van der Waals surface area contributed by atoms with Crippen molar-refractivity contribution in [2.45, 2.75) is 36.8 Å². The number of carboxylic acid groups (broad SMARTS) is 3. The van der Waals surface area contributed by atoms with E-state index >= 15 is 0 Å². The highest BCUT2D eigenvalue weighted by Crippen LogP contribution is 2.41. The quantitative estimate of drug-likeness (QED) is 0.0473. The number of aryl methyl sites for hydroxylation is 1. The largest absolute Gasteiger partial charge is 0.503 e. The van der Waals surface area contributed by atoms with E-state index in [1.807, 2.05) is 0 Å². The molecule has 0 saturated carbocycles. The summed E-state index contributed by atoms with van der Waals surface area (Å²) in [6.45, 7) is 2.33. The molecule has 8 N–H and O–H groups in total. The topological polar surface area (TPSA) is 293 Å². The maximum absolute atomic E-state index is 13.5. The van der Waals surface area contributed by atoms with Gasteiger partial charge in [-0.1, -0.05) is 5.16 Å². The van der Waals surface area contributed by atoms with Crippen LogP contribution in [0.5, 0.6) is 5.75 Å². The number of carbonyl (C=O) groups excluding carboxylic acids is 3. The lowest BCUT2D eigenvalue weighted by molar-refractivity contribution is -0.911. The van der Waals surface area contributed by atoms with E-state index in [0.29, 0.717) is 29.7 Å². The Balaban J connectivity index is 1.30. The van der Waals surface area contributed by atoms with Crippen LogP contribution in [0.4, 0.5) is 5.13 Å². The van der Waals surface area contributed by atoms with Crippen molar-refractivity contribution < 1.29 is 58.5 Å². The lowest BCUT2D eigenvalue weighted by atomic mass is 10.0. The summed E-state index contributed by atoms with van der Waals surface area (Å²) in [5.74, 6) is -7.00. The number of fused-ring (bicyclic) bond motifs is 1. The number of thiazole rings is 1. The molecule has 2 fully saturated rings. The predicted octanol–water partition coefficient (Wildman–Crippen LogP) is -1.44. The summed E-state index contributed by atoms with van der Waals surface area (Å²) in [4.78, 5) is 96.7. The van der Waals surface area contributed by atoms with E-state index < -0.39 is 76.5 Å². The minimum Gasteiger partial charge on any atom is -0.503 e. The lowest BCUT2D eigenvalue weighted by Crippen LogP contribution is -2.71. The van der Waals surface area contributed by atoms with E-state index in [0.717, 1.165) is 41.3 Å². The first-order chi connectivity index (χ1) is 24.6. The maximum Gasteiger partial charge on any atom is 0.352 e. The third-order valence-corrected chi connectivity index (χ3v) is 10.8. The number of rotatable bonds is 15. The van der Waals surface area contributed by atoms with Crippen molar-refractivity contribution in [2.75, 3.05) is 44.2 Å². The van der Waals surface area contributed by atoms with Gasteiger partial charge in [-0.3, -0.25) is 28.9 Å². The van der Waals surface area contributed by atoms with Crippen molar-refractivity contribution in [1.29, 1.82) is 0 Å². The molecule has 278 valence electrons. The van der Waals surface area contributed by atoms with Gasteiger partial charge >= 0.3 is 17.9 Å². The molecule has 5 rings (SSSR count). The molecule has 0 aromatic carbocycles. The molecule has 5 heterocycles. The van der Waals surface area contributed by atoms with Crippen molar-refractivity contribution in [3.05, 3.63) is 50.5 Å². The minimum atomic E-state index is -1.94. The second-order valence-electron chi connectivity index (χ2n) is 12.3. The molecule has 20 nitrogen and oxygen atoms in total. The SMILES string of the molecule is Cn1cc(O)c(=O)cc1C(=O)NCC[N+]1(CC2=C(C(=O)O)N3C(=O)C(NC(=O)/C(=N\O[C@@H](CC(=O)O)C(=O)O)c4csc(N)n4)C3SC2)CCCC1. The van der Waals surface area contributed by atoms with Gasteiger partial charge in [0.05, 0.1) is 38.8 Å². The first-order valence-electron chi connectivity index (χ1n) is 15.7. The number of aromatic hydroxyl groups is 1. The van der Waals surface area contributed by atoms with Crippen molar-refractivity contribution in [1.82, 2.24) is 25.1 Å². The standard InChI is InChI=1S/C30H34N8O12S2/c1-36-10-18(40)17(39)8-16(36)24(43)32-4-7-38(5-2-3-6-38)11-14-12-51-27-22(26(45)37(27)23(14)29(48)49)34-25(44)21(15-13-52-30(31)33-15)35-50-19(28(46)47)9-20(41)42/h8,10,13,19,22,27H,2-7,9,11-12H2,1H3,(H7-,31,32,33,34,40,41,42,43,44,46,47,48,49)/p+1/b35-21-/t19-,22?,27?/m0/s1. The number of carbonyl (C=O) groups is 6. The highest BCUT2D eigenvalue weighted by molar-refractivity contribution is 8.00. The second kappa shape index (κ2) is 15.4. The summed E-state index contributed by atoms with van der Waals surface area (Å²) >= 11 is 2.17. The summed E-state index contributed by atoms with van der Waals surface area (Å²) in [6.07, 6.45) is -0.0356. The van der Waals surface area contributed by atoms with E-state index in [2.05, 4.69) is 20.8 Å². The summed E-state index contributed by atoms with van der Waals surface area (Å²) < 4.78 is 1.78. The number of nitrogens with two attached hydrogens (primary N) is 1. The number of hydrogen-bond acceptors (Lipinski definition) is 14. The zero-order valence-corrected chi connectivity index (χ0v) is 29.1. The van der Waals surface area contributed by atoms with Crippen LogP contribution in [0.15, 0.2) is 38.9 Å². The van der Waals surface area contributed by atoms with Crippen molar-refractivity contribution in [2.24, 2.45) is 12.2 Å². The number of anilines is 1. The van der Waals surface area contributed by atoms with Crippen LogP contribution in [-0.2, 0) is 35.9 Å². The molecule has 2 saturated heterocycles. The third kappa shape index (κ3) is 8.02. The summed E-state index contributed by atoms with van der Waals surface area (Å²) in [5, 5.41) is 47.6. The van der Waals surface area contributed by atoms with Crippen LogP contribution in [0, 0.1) is 0 Å². The van der Waals surface area contributed by atoms with E-state index in [9.17, 15) is 48.9 Å². The average molecular weight is 764 g/mol. The fourth-order valence-electron chi connectivity index (χ4n) is 6.27. The van der Waals surface area contributed by atoms with Crippen LogP contribution in [-0.4, -0.2) is 137 Å². The normalized spacial score (nSPS) is 20.1. The Kier molecular flexibility index (Phi) is 11.2. The van der Waals surface area contributed by atoms with Crippen LogP contribution in [0.1, 0.15) is 35.4 Å². The molecule has 2 aromatic rings. The van der Waals surface area contributed by atoms with Crippen LogP contribution in [0.3, 0.4) is 0 Å². The summed E-state index contributed by atoms with van der Waals surface area (Å²) in [6, 6.07) is -0.164. The fraction of sp³-hybridized carbons (Fsp3) is 0.433. The molecule has 0 aliphatic carbocycles. The molecule has 2 unspecified atom stereocenters. The van der Waals surface area contributed by atoms with Gasteiger partial charge in [0.25, 0.3) is 17.7 Å². The van der Waals surface area contributed by atoms with Crippen molar-refractivity contribution in [3.63, 3.8) is 0 Å². The number of quaternary nitrogens is 1. The van der Waals surface area contributed by atoms with Crippen LogP contribution in [0.2, 0.25) is 0 Å². The molecule has 3 atom stereocenters. The number of oxime groups is 1. The molecule has 3 aliphatic heterocycles. The average Bonchev–Trinajstić information content (AvgIpc) is 3.73. The fourth-order valence-corrected chi connectivity index (χ4v) is 8.15. The molecule has 3 amide bonds. The number of aliphatic carboxylic acids is 3. The zero-order chi connectivity index (χ0) is 37.9. The Bertz CT molecular complexity index is 1940. The van der Waals surface area contributed by atoms with Crippen LogP contribution >= 0.6 is 23.1 Å². The number of β-lactam (4-membered cyclic amide) rings is 1. The number of thioether (sulfide) groups is 1. The molecule has 22 heteroatoms. The van der Waals surface area contributed by atoms with Gasteiger partial charge in [-0.05, 0) is 0 Å². The smallest absolute Gasteiger partial charge is 0.352 e. The van der Waals surface area contributed by atoms with E-state index in [1.165, 1.54) is 28.8 Å². The molecule has 3 aliphatic rings. The molecule has 0 radical (unpaired) electrons. The third-order valence-electron chi connectivity index (χ3n) is 8.78. The monoisotopic (exact) mass is 763 g/mol. The Hall–Kier alpha value is -5.48. The van der Waals surface area contributed by atoms with Gasteiger partial charge in [0.1, 0.15) is 35.0 Å². The van der Waals surface area contributed by atoms with E-state index in [-0.39, 0.29) is 41.1 Å². The molecule has 0 bridgehead atoms. The van der Waals surface area contributed by atoms with Gasteiger partial charge in [0.2, 0.25) is 11.5 Å². The van der Waals surface area contributed by atoms with E-state index in [1.54, 1.807) is 0 Å². The lowest BCUT2D eigenvalue weighted by Gasteiger charge is -2.50. The number of nitrogens with zero attached hydrogens (tertiary/aromatic N) is 5. The van der Waals surface area contributed by atoms with Crippen molar-refractivity contribution in [3.8, 4) is 5.75 Å². The first-order valence-corrected chi connectivity index (χ1v) is 17.7. The molecular formula is C30H35N8O12S2+. The van der Waals surface area contributed by atoms with Crippen LogP contribution in [0.25, 0.3) is 0 Å². The number of amides is 3. The maximum atomic E-state index is 13.5. The van der Waals surface area contributed by atoms with Gasteiger partial charge in [-0.15, -0.1) is 23.1 Å². The predicted molar refractivity (Wildman–Crippen MR) is 182 cm³/mol. The first kappa shape index (κ1) is 37.8. The summed E-state index contributed by atoms with van der Waals surface area (Å²) in [7, 11) is 1.52. The highest BCUT2D eigenvalue weighted by atomic mass is 32.2. The number of nitrogens with one attached hydrogen (secondary N) is 2. The number of likely N-dealkylation sites (tertiary alicyclic amines) is 1. The van der Waals surface area contributed by atoms with Gasteiger partial charge in [-0.2, -0.15) is 0 Å².